The minimum Gasteiger partial charge on any atom is -0.462 e. The van der Waals surface area contributed by atoms with Gasteiger partial charge < -0.3 is 20.1 Å². The number of ether oxygens (including phenoxy) is 2. The number of nitrogens with zero attached hydrogens (tertiary/aromatic N) is 2. The van der Waals surface area contributed by atoms with E-state index >= 15 is 0 Å². The highest BCUT2D eigenvalue weighted by Crippen LogP contribution is 2.35. The van der Waals surface area contributed by atoms with Gasteiger partial charge in [0.1, 0.15) is 15.7 Å². The summed E-state index contributed by atoms with van der Waals surface area (Å²) in [5, 5.41) is 11.4. The third-order valence-corrected chi connectivity index (χ3v) is 7.05. The molecule has 0 fully saturated rings. The van der Waals surface area contributed by atoms with Gasteiger partial charge in [0.25, 0.3) is 0 Å². The predicted molar refractivity (Wildman–Crippen MR) is 143 cm³/mol. The summed E-state index contributed by atoms with van der Waals surface area (Å²) in [6, 6.07) is 4.52. The van der Waals surface area contributed by atoms with Gasteiger partial charge >= 0.3 is 11.9 Å². The van der Waals surface area contributed by atoms with Crippen LogP contribution in [0.15, 0.2) is 18.2 Å². The first-order valence-corrected chi connectivity index (χ1v) is 12.7. The van der Waals surface area contributed by atoms with E-state index in [-0.39, 0.29) is 35.3 Å². The number of thiophene rings is 1. The first kappa shape index (κ1) is 27.6. The molecule has 1 aromatic carbocycles. The van der Waals surface area contributed by atoms with Gasteiger partial charge in [-0.2, -0.15) is 5.10 Å². The normalized spacial score (nSPS) is 10.8. The number of carbonyl (C=O) groups is 2. The van der Waals surface area contributed by atoms with Crippen LogP contribution in [0.2, 0.25) is 5.02 Å². The van der Waals surface area contributed by atoms with Crippen molar-refractivity contribution in [2.24, 2.45) is 0 Å². The van der Waals surface area contributed by atoms with Gasteiger partial charge in [-0.3, -0.25) is 4.68 Å². The molecule has 2 aromatic heterocycles. The largest absolute Gasteiger partial charge is 0.462 e. The number of halogens is 2. The predicted octanol–water partition coefficient (Wildman–Crippen LogP) is 5.87. The maximum Gasteiger partial charge on any atom is 0.348 e. The lowest BCUT2D eigenvalue weighted by Gasteiger charge is -2.12. The number of aryl methyl sites for hydroxylation is 1. The monoisotopic (exact) mass is 552 g/mol. The van der Waals surface area contributed by atoms with Crippen LogP contribution in [-0.2, 0) is 16.0 Å². The molecule has 0 aliphatic heterocycles. The molecule has 0 radical (unpaired) electrons. The summed E-state index contributed by atoms with van der Waals surface area (Å²) in [6.07, 6.45) is 0. The molecule has 2 N–H and O–H groups in total. The zero-order chi connectivity index (χ0) is 26.6. The summed E-state index contributed by atoms with van der Waals surface area (Å²) >= 11 is 12.7. The Morgan fingerprint density at radius 2 is 1.81 bits per heavy atom. The van der Waals surface area contributed by atoms with Crippen LogP contribution in [0, 0.1) is 26.6 Å². The summed E-state index contributed by atoms with van der Waals surface area (Å²) in [4.78, 5) is 25.3. The van der Waals surface area contributed by atoms with Crippen LogP contribution in [0.5, 0.6) is 0 Å². The zero-order valence-corrected chi connectivity index (χ0v) is 22.8. The van der Waals surface area contributed by atoms with Crippen molar-refractivity contribution in [1.82, 2.24) is 9.78 Å². The number of hydrogen-bond acceptors (Lipinski definition) is 7. The molecule has 0 bridgehead atoms. The van der Waals surface area contributed by atoms with Gasteiger partial charge in [-0.15, -0.1) is 11.3 Å². The Labute approximate surface area is 222 Å². The number of aromatic nitrogens is 2. The fourth-order valence-corrected chi connectivity index (χ4v) is 5.14. The van der Waals surface area contributed by atoms with E-state index < -0.39 is 17.8 Å². The Kier molecular flexibility index (Phi) is 9.04. The molecule has 0 amide bonds. The van der Waals surface area contributed by atoms with Crippen LogP contribution in [0.3, 0.4) is 0 Å². The van der Waals surface area contributed by atoms with Crippen LogP contribution < -0.4 is 10.6 Å². The molecule has 0 aliphatic rings. The zero-order valence-electron chi connectivity index (χ0n) is 20.5. The van der Waals surface area contributed by atoms with E-state index in [0.29, 0.717) is 38.2 Å². The van der Waals surface area contributed by atoms with Gasteiger partial charge in [-0.1, -0.05) is 17.7 Å². The molecule has 0 spiro atoms. The molecule has 192 valence electrons. The summed E-state index contributed by atoms with van der Waals surface area (Å²) in [7, 11) is 0. The first-order valence-electron chi connectivity index (χ1n) is 11.1. The van der Waals surface area contributed by atoms with Crippen molar-refractivity contribution in [3.8, 4) is 0 Å². The molecule has 3 rings (SSSR count). The Morgan fingerprint density at radius 1 is 1.14 bits per heavy atom. The van der Waals surface area contributed by atoms with E-state index in [1.807, 2.05) is 6.92 Å². The topological polar surface area (TPSA) is 94.5 Å². The Bertz CT molecular complexity index is 1300. The van der Waals surface area contributed by atoms with Gasteiger partial charge in [-0.25, -0.2) is 14.0 Å². The molecule has 0 saturated heterocycles. The number of thiocarbonyl (C=S) groups is 1. The second-order valence-corrected chi connectivity index (χ2v) is 9.52. The summed E-state index contributed by atoms with van der Waals surface area (Å²) in [5.74, 6) is -1.52. The Balaban J connectivity index is 1.86. The molecule has 0 unspecified atom stereocenters. The van der Waals surface area contributed by atoms with Gasteiger partial charge in [-0.05, 0) is 64.5 Å². The van der Waals surface area contributed by atoms with Crippen molar-refractivity contribution in [2.75, 3.05) is 23.8 Å². The lowest BCUT2D eigenvalue weighted by atomic mass is 10.1. The van der Waals surface area contributed by atoms with E-state index in [0.717, 1.165) is 11.3 Å². The van der Waals surface area contributed by atoms with Crippen molar-refractivity contribution in [2.45, 2.75) is 41.2 Å². The smallest absolute Gasteiger partial charge is 0.348 e. The van der Waals surface area contributed by atoms with E-state index in [4.69, 9.17) is 33.3 Å². The van der Waals surface area contributed by atoms with E-state index in [1.54, 1.807) is 44.5 Å². The van der Waals surface area contributed by atoms with Crippen LogP contribution in [0.1, 0.15) is 56.4 Å². The summed E-state index contributed by atoms with van der Waals surface area (Å²) in [5.41, 5.74) is 2.95. The number of nitrogens with one attached hydrogen (secondary N) is 2. The fourth-order valence-electron chi connectivity index (χ4n) is 3.55. The third kappa shape index (κ3) is 5.85. The summed E-state index contributed by atoms with van der Waals surface area (Å²) < 4.78 is 26.2. The lowest BCUT2D eigenvalue weighted by molar-refractivity contribution is 0.0527. The quantitative estimate of drug-likeness (QED) is 0.264. The molecule has 12 heteroatoms. The minimum atomic E-state index is -0.575. The molecular weight excluding hydrogens is 527 g/mol. The van der Waals surface area contributed by atoms with E-state index in [1.165, 1.54) is 6.07 Å². The average Bonchev–Trinajstić information content (AvgIpc) is 3.27. The number of esters is 2. The average molecular weight is 553 g/mol. The number of benzene rings is 1. The first-order chi connectivity index (χ1) is 17.1. The highest BCUT2D eigenvalue weighted by Gasteiger charge is 2.27. The number of hydrogen-bond donors (Lipinski definition) is 2. The van der Waals surface area contributed by atoms with Crippen molar-refractivity contribution >= 4 is 62.9 Å². The highest BCUT2D eigenvalue weighted by molar-refractivity contribution is 7.80. The maximum absolute atomic E-state index is 14.3. The highest BCUT2D eigenvalue weighted by atomic mass is 35.5. The molecule has 0 aliphatic carbocycles. The van der Waals surface area contributed by atoms with Crippen molar-refractivity contribution in [3.63, 3.8) is 0 Å². The van der Waals surface area contributed by atoms with Crippen molar-refractivity contribution < 1.29 is 23.5 Å². The second-order valence-electron chi connectivity index (χ2n) is 7.68. The Hall–Kier alpha value is -3.02. The minimum absolute atomic E-state index is 0.139. The maximum atomic E-state index is 14.3. The van der Waals surface area contributed by atoms with Crippen LogP contribution in [-0.4, -0.2) is 40.0 Å². The number of anilines is 2. The fraction of sp³-hybridized carbons (Fsp3) is 0.333. The number of rotatable bonds is 8. The lowest BCUT2D eigenvalue weighted by Crippen LogP contribution is -2.21. The second kappa shape index (κ2) is 11.8. The molecule has 0 atom stereocenters. The molecule has 8 nitrogen and oxygen atoms in total. The van der Waals surface area contributed by atoms with E-state index in [9.17, 15) is 14.0 Å². The van der Waals surface area contributed by atoms with Crippen LogP contribution in [0.4, 0.5) is 15.1 Å². The Morgan fingerprint density at radius 3 is 2.44 bits per heavy atom. The molecular formula is C24H26ClFN4O4S2. The SMILES string of the molecule is CCOC(=O)c1sc(NC(=S)Nc2c(C)nn(Cc3c(F)cccc3Cl)c2C)c(C(=O)OCC)c1C. The standard InChI is InChI=1S/C24H26ClFN4O4S2/c1-6-33-22(31)18-12(3)20(23(32)34-7-2)36-21(18)28-24(35)27-19-13(4)29-30(14(19)5)11-15-16(25)9-8-10-17(15)26/h8-10H,6-7,11H2,1-5H3,(H2,27,28,35). The van der Waals surface area contributed by atoms with E-state index in [2.05, 4.69) is 15.7 Å². The molecule has 36 heavy (non-hydrogen) atoms. The molecule has 3 aromatic rings. The van der Waals surface area contributed by atoms with Crippen molar-refractivity contribution in [1.29, 1.82) is 0 Å². The van der Waals surface area contributed by atoms with Gasteiger partial charge in [0, 0.05) is 10.6 Å². The van der Waals surface area contributed by atoms with Gasteiger partial charge in [0.05, 0.1) is 42.4 Å². The van der Waals surface area contributed by atoms with Crippen LogP contribution >= 0.6 is 35.2 Å². The molecule has 0 saturated carbocycles. The van der Waals surface area contributed by atoms with Crippen LogP contribution in [0.25, 0.3) is 0 Å². The van der Waals surface area contributed by atoms with Gasteiger partial charge in [0.15, 0.2) is 5.11 Å². The number of carbonyl (C=O) groups excluding carboxylic acids is 2. The summed E-state index contributed by atoms with van der Waals surface area (Å²) in [6.45, 7) is 9.18. The van der Waals surface area contributed by atoms with Crippen molar-refractivity contribution in [3.05, 3.63) is 62.0 Å². The molecule has 2 heterocycles. The van der Waals surface area contributed by atoms with Gasteiger partial charge in [0.2, 0.25) is 0 Å². The third-order valence-electron chi connectivity index (χ3n) is 5.30.